The molecule has 112 valence electrons. The number of aromatic nitrogens is 4. The van der Waals surface area contributed by atoms with Crippen LogP contribution in [0.4, 0.5) is 0 Å². The first-order valence-electron chi connectivity index (χ1n) is 6.29. The van der Waals surface area contributed by atoms with Gasteiger partial charge in [-0.2, -0.15) is 4.98 Å². The van der Waals surface area contributed by atoms with Crippen molar-refractivity contribution < 1.29 is 9.53 Å². The number of esters is 1. The minimum absolute atomic E-state index is 0.0138. The zero-order chi connectivity index (χ0) is 15.7. The third-order valence-electron chi connectivity index (χ3n) is 3.04. The lowest BCUT2D eigenvalue weighted by molar-refractivity contribution is 0.0586. The molecule has 0 aliphatic carbocycles. The van der Waals surface area contributed by atoms with Crippen LogP contribution in [0.2, 0.25) is 5.02 Å². The lowest BCUT2D eigenvalue weighted by Crippen LogP contribution is -2.06. The van der Waals surface area contributed by atoms with Gasteiger partial charge in [-0.3, -0.25) is 4.98 Å². The Morgan fingerprint density at radius 1 is 1.41 bits per heavy atom. The Kier molecular flexibility index (Phi) is 4.08. The predicted molar refractivity (Wildman–Crippen MR) is 84.9 cm³/mol. The first-order chi connectivity index (χ1) is 10.6. The standard InChI is InChI=1S/C14H10BrClN4O2/c1-22-13(21)12-18-14(15)20(19-12)7-8-2-3-11-9(4-8)5-10(16)6-17-11/h2-6H,7H2,1H3. The number of carbonyl (C=O) groups excluding carboxylic acids is 1. The molecule has 0 unspecified atom stereocenters. The fourth-order valence-electron chi connectivity index (χ4n) is 2.03. The monoisotopic (exact) mass is 380 g/mol. The quantitative estimate of drug-likeness (QED) is 0.652. The second kappa shape index (κ2) is 6.02. The molecule has 6 nitrogen and oxygen atoms in total. The van der Waals surface area contributed by atoms with Gasteiger partial charge in [-0.15, -0.1) is 5.10 Å². The van der Waals surface area contributed by atoms with Crippen molar-refractivity contribution in [1.82, 2.24) is 19.7 Å². The molecule has 0 saturated heterocycles. The van der Waals surface area contributed by atoms with Crippen LogP contribution in [0.5, 0.6) is 0 Å². The molecule has 2 heterocycles. The summed E-state index contributed by atoms with van der Waals surface area (Å²) in [6.07, 6.45) is 1.61. The van der Waals surface area contributed by atoms with Gasteiger partial charge < -0.3 is 4.74 Å². The van der Waals surface area contributed by atoms with Crippen LogP contribution in [0.25, 0.3) is 10.9 Å². The largest absolute Gasteiger partial charge is 0.463 e. The zero-order valence-electron chi connectivity index (χ0n) is 11.5. The van der Waals surface area contributed by atoms with Crippen LogP contribution in [-0.2, 0) is 11.3 Å². The Hall–Kier alpha value is -1.99. The summed E-state index contributed by atoms with van der Waals surface area (Å²) in [7, 11) is 1.29. The topological polar surface area (TPSA) is 69.9 Å². The molecule has 2 aromatic heterocycles. The smallest absolute Gasteiger partial charge is 0.377 e. The summed E-state index contributed by atoms with van der Waals surface area (Å²) in [5.41, 5.74) is 1.85. The van der Waals surface area contributed by atoms with Crippen molar-refractivity contribution in [1.29, 1.82) is 0 Å². The lowest BCUT2D eigenvalue weighted by Gasteiger charge is -2.04. The highest BCUT2D eigenvalue weighted by Crippen LogP contribution is 2.19. The average Bonchev–Trinajstić information content (AvgIpc) is 2.87. The molecule has 0 bridgehead atoms. The number of pyridine rings is 1. The minimum Gasteiger partial charge on any atom is -0.463 e. The highest BCUT2D eigenvalue weighted by atomic mass is 79.9. The second-order valence-corrected chi connectivity index (χ2v) is 5.68. The molecule has 3 aromatic rings. The van der Waals surface area contributed by atoms with Crippen LogP contribution in [0.3, 0.4) is 0 Å². The molecule has 0 radical (unpaired) electrons. The maximum Gasteiger partial charge on any atom is 0.377 e. The van der Waals surface area contributed by atoms with E-state index in [1.807, 2.05) is 24.3 Å². The van der Waals surface area contributed by atoms with Gasteiger partial charge in [-0.25, -0.2) is 9.48 Å². The van der Waals surface area contributed by atoms with Gasteiger partial charge in [0.15, 0.2) is 4.73 Å². The molecule has 0 aliphatic heterocycles. The van der Waals surface area contributed by atoms with Crippen LogP contribution in [0.15, 0.2) is 35.2 Å². The molecule has 0 aliphatic rings. The van der Waals surface area contributed by atoms with Crippen molar-refractivity contribution in [2.24, 2.45) is 0 Å². The van der Waals surface area contributed by atoms with E-state index >= 15 is 0 Å². The SMILES string of the molecule is COC(=O)c1nc(Br)n(Cc2ccc3ncc(Cl)cc3c2)n1. The first kappa shape index (κ1) is 14.9. The third-order valence-corrected chi connectivity index (χ3v) is 3.83. The van der Waals surface area contributed by atoms with Crippen molar-refractivity contribution in [2.75, 3.05) is 7.11 Å². The van der Waals surface area contributed by atoms with Crippen molar-refractivity contribution >= 4 is 44.4 Å². The number of benzene rings is 1. The number of carbonyl (C=O) groups is 1. The molecule has 1 aromatic carbocycles. The molecule has 0 spiro atoms. The third kappa shape index (κ3) is 2.95. The van der Waals surface area contributed by atoms with E-state index < -0.39 is 5.97 Å². The Morgan fingerprint density at radius 2 is 2.23 bits per heavy atom. The summed E-state index contributed by atoms with van der Waals surface area (Å²) in [5.74, 6) is -0.561. The Bertz CT molecular complexity index is 865. The summed E-state index contributed by atoms with van der Waals surface area (Å²) in [4.78, 5) is 19.7. The molecule has 0 amide bonds. The van der Waals surface area contributed by atoms with E-state index in [1.165, 1.54) is 7.11 Å². The number of ether oxygens (including phenoxy) is 1. The van der Waals surface area contributed by atoms with E-state index in [4.69, 9.17) is 11.6 Å². The second-order valence-electron chi connectivity index (χ2n) is 4.53. The van der Waals surface area contributed by atoms with E-state index in [0.717, 1.165) is 16.5 Å². The lowest BCUT2D eigenvalue weighted by atomic mass is 10.1. The number of fused-ring (bicyclic) bond motifs is 1. The van der Waals surface area contributed by atoms with E-state index in [0.29, 0.717) is 16.3 Å². The molecular formula is C14H10BrClN4O2. The van der Waals surface area contributed by atoms with Gasteiger partial charge in [0, 0.05) is 11.6 Å². The van der Waals surface area contributed by atoms with Gasteiger partial charge in [0.2, 0.25) is 0 Å². The van der Waals surface area contributed by atoms with Crippen LogP contribution < -0.4 is 0 Å². The Labute approximate surface area is 139 Å². The van der Waals surface area contributed by atoms with E-state index in [2.05, 4.69) is 35.7 Å². The maximum absolute atomic E-state index is 11.4. The molecular weight excluding hydrogens is 372 g/mol. The maximum atomic E-state index is 11.4. The number of hydrogen-bond acceptors (Lipinski definition) is 5. The van der Waals surface area contributed by atoms with Crippen LogP contribution in [-0.4, -0.2) is 32.8 Å². The van der Waals surface area contributed by atoms with Crippen LogP contribution in [0.1, 0.15) is 16.2 Å². The summed E-state index contributed by atoms with van der Waals surface area (Å²) in [6.45, 7) is 0.451. The number of halogens is 2. The predicted octanol–water partition coefficient (Wildman–Crippen LogP) is 3.08. The van der Waals surface area contributed by atoms with Crippen molar-refractivity contribution in [3.8, 4) is 0 Å². The number of nitrogens with zero attached hydrogens (tertiary/aromatic N) is 4. The molecule has 3 rings (SSSR count). The molecule has 0 atom stereocenters. The highest BCUT2D eigenvalue weighted by molar-refractivity contribution is 9.10. The van der Waals surface area contributed by atoms with Gasteiger partial charge in [0.25, 0.3) is 5.82 Å². The number of methoxy groups -OCH3 is 1. The molecule has 0 saturated carbocycles. The zero-order valence-corrected chi connectivity index (χ0v) is 13.8. The number of hydrogen-bond donors (Lipinski definition) is 0. The van der Waals surface area contributed by atoms with Gasteiger partial charge >= 0.3 is 5.97 Å². The van der Waals surface area contributed by atoms with Gasteiger partial charge in [0.05, 0.1) is 24.2 Å². The van der Waals surface area contributed by atoms with Crippen molar-refractivity contribution in [2.45, 2.75) is 6.54 Å². The number of rotatable bonds is 3. The molecule has 0 fully saturated rings. The molecule has 22 heavy (non-hydrogen) atoms. The van der Waals surface area contributed by atoms with Gasteiger partial charge in [0.1, 0.15) is 0 Å². The molecule has 8 heteroatoms. The fraction of sp³-hybridized carbons (Fsp3) is 0.143. The van der Waals surface area contributed by atoms with Crippen LogP contribution in [0, 0.1) is 0 Å². The first-order valence-corrected chi connectivity index (χ1v) is 7.47. The van der Waals surface area contributed by atoms with Crippen molar-refractivity contribution in [3.63, 3.8) is 0 Å². The fourth-order valence-corrected chi connectivity index (χ4v) is 2.57. The summed E-state index contributed by atoms with van der Waals surface area (Å²) in [6, 6.07) is 7.67. The Morgan fingerprint density at radius 3 is 3.00 bits per heavy atom. The minimum atomic E-state index is -0.575. The average molecular weight is 382 g/mol. The molecule has 0 N–H and O–H groups in total. The highest BCUT2D eigenvalue weighted by Gasteiger charge is 2.15. The Balaban J connectivity index is 1.92. The van der Waals surface area contributed by atoms with Crippen molar-refractivity contribution in [3.05, 3.63) is 51.6 Å². The van der Waals surface area contributed by atoms with Gasteiger partial charge in [-0.05, 0) is 39.7 Å². The van der Waals surface area contributed by atoms with Gasteiger partial charge in [-0.1, -0.05) is 17.7 Å². The van der Waals surface area contributed by atoms with E-state index in [-0.39, 0.29) is 5.82 Å². The normalized spacial score (nSPS) is 10.9. The van der Waals surface area contributed by atoms with E-state index in [1.54, 1.807) is 10.9 Å². The summed E-state index contributed by atoms with van der Waals surface area (Å²) in [5, 5.41) is 5.64. The van der Waals surface area contributed by atoms with Crippen LogP contribution >= 0.6 is 27.5 Å². The summed E-state index contributed by atoms with van der Waals surface area (Å²) >= 11 is 9.24. The summed E-state index contributed by atoms with van der Waals surface area (Å²) < 4.78 is 6.64. The van der Waals surface area contributed by atoms with E-state index in [9.17, 15) is 4.79 Å².